The summed E-state index contributed by atoms with van der Waals surface area (Å²) in [6.45, 7) is 0. The molecule has 3 N–H and O–H groups in total. The van der Waals surface area contributed by atoms with Crippen LogP contribution in [-0.2, 0) is 6.42 Å². The van der Waals surface area contributed by atoms with E-state index in [4.69, 9.17) is 5.73 Å². The smallest absolute Gasteiger partial charge is 0.249 e. The van der Waals surface area contributed by atoms with Crippen molar-refractivity contribution in [3.8, 4) is 17.5 Å². The molecule has 0 unspecified atom stereocenters. The van der Waals surface area contributed by atoms with Crippen molar-refractivity contribution in [3.05, 3.63) is 88.5 Å². The summed E-state index contributed by atoms with van der Waals surface area (Å²) in [5, 5.41) is 16.6. The molecule has 2 aromatic carbocycles. The predicted octanol–water partition coefficient (Wildman–Crippen LogP) is 4.02. The van der Waals surface area contributed by atoms with E-state index in [1.54, 1.807) is 28.9 Å². The molecule has 170 valence electrons. The second kappa shape index (κ2) is 7.41. The van der Waals surface area contributed by atoms with Crippen LogP contribution in [0.25, 0.3) is 11.8 Å². The highest BCUT2D eigenvalue weighted by Gasteiger charge is 2.64. The summed E-state index contributed by atoms with van der Waals surface area (Å²) < 4.78 is 15.6. The fraction of sp³-hybridized carbons (Fsp3) is 0.286. The number of nitrogens with zero attached hydrogens (tertiary/aromatic N) is 2. The van der Waals surface area contributed by atoms with E-state index in [0.717, 1.165) is 30.5 Å². The number of amides is 1. The summed E-state index contributed by atoms with van der Waals surface area (Å²) in [6.07, 6.45) is 7.94. The number of hydrogen-bond donors (Lipinski definition) is 2. The number of carbonyl (C=O) groups excluding carboxylic acids is 1. The zero-order valence-corrected chi connectivity index (χ0v) is 18.6. The quantitative estimate of drug-likeness (QED) is 0.588. The highest BCUT2D eigenvalue weighted by atomic mass is 19.1. The number of halogens is 1. The average molecular weight is 454 g/mol. The molecule has 1 amide bonds. The number of fused-ring (bicyclic) bond motifs is 2. The first kappa shape index (κ1) is 20.9. The monoisotopic (exact) mass is 453 g/mol. The van der Waals surface area contributed by atoms with Gasteiger partial charge in [-0.1, -0.05) is 35.6 Å². The standard InChI is InChI=1S/C28H24FN3O2/c29-22-5-3-6-23(15-22)32-25-14-21-11-13-27(34,12-10-18-4-1-2-7-24(18)26(30)33)28(21,20-8-9-20)16-19(25)17-31-32/h1-7,14-15,17,20,34H,8-9,11,13,16H2,(H2,30,33)/t27-,28+/m0/s1. The van der Waals surface area contributed by atoms with Crippen LogP contribution in [0.4, 0.5) is 4.39 Å². The molecule has 3 aliphatic carbocycles. The highest BCUT2D eigenvalue weighted by molar-refractivity contribution is 5.95. The maximum Gasteiger partial charge on any atom is 0.249 e. The number of aromatic nitrogens is 2. The van der Waals surface area contributed by atoms with Crippen LogP contribution in [0.3, 0.4) is 0 Å². The van der Waals surface area contributed by atoms with Crippen LogP contribution in [0.15, 0.2) is 60.3 Å². The Bertz CT molecular complexity index is 1420. The number of rotatable bonds is 3. The van der Waals surface area contributed by atoms with Crippen molar-refractivity contribution < 1.29 is 14.3 Å². The first-order valence-corrected chi connectivity index (χ1v) is 11.6. The number of nitrogens with two attached hydrogens (primary N) is 1. The third-order valence-corrected chi connectivity index (χ3v) is 7.66. The lowest BCUT2D eigenvalue weighted by Crippen LogP contribution is -2.48. The van der Waals surface area contributed by atoms with Crippen LogP contribution < -0.4 is 5.73 Å². The normalized spacial score (nSPS) is 25.1. The number of benzene rings is 2. The molecule has 0 spiro atoms. The minimum Gasteiger partial charge on any atom is -0.377 e. The van der Waals surface area contributed by atoms with E-state index in [9.17, 15) is 14.3 Å². The molecule has 0 aliphatic heterocycles. The van der Waals surface area contributed by atoms with Gasteiger partial charge in [0.05, 0.1) is 23.1 Å². The molecule has 6 heteroatoms. The molecule has 0 radical (unpaired) electrons. The Hall–Kier alpha value is -3.69. The first-order valence-electron chi connectivity index (χ1n) is 11.6. The maximum absolute atomic E-state index is 13.9. The zero-order valence-electron chi connectivity index (χ0n) is 18.6. The van der Waals surface area contributed by atoms with Crippen LogP contribution in [0, 0.1) is 29.0 Å². The topological polar surface area (TPSA) is 81.1 Å². The lowest BCUT2D eigenvalue weighted by Gasteiger charge is -2.43. The van der Waals surface area contributed by atoms with E-state index in [0.29, 0.717) is 35.6 Å². The molecule has 3 aliphatic rings. The minimum absolute atomic E-state index is 0.306. The van der Waals surface area contributed by atoms with Crippen LogP contribution in [0.1, 0.15) is 52.9 Å². The number of aliphatic hydroxyl groups is 1. The van der Waals surface area contributed by atoms with E-state index in [2.05, 4.69) is 23.0 Å². The van der Waals surface area contributed by atoms with Gasteiger partial charge in [0.2, 0.25) is 5.91 Å². The van der Waals surface area contributed by atoms with Crippen LogP contribution in [0.5, 0.6) is 0 Å². The molecule has 34 heavy (non-hydrogen) atoms. The van der Waals surface area contributed by atoms with Crippen LogP contribution >= 0.6 is 0 Å². The molecule has 2 fully saturated rings. The van der Waals surface area contributed by atoms with E-state index in [1.807, 2.05) is 18.3 Å². The van der Waals surface area contributed by atoms with Gasteiger partial charge in [-0.05, 0) is 80.0 Å². The van der Waals surface area contributed by atoms with Gasteiger partial charge in [0.1, 0.15) is 11.4 Å². The zero-order chi connectivity index (χ0) is 23.5. The van der Waals surface area contributed by atoms with E-state index in [1.165, 1.54) is 17.7 Å². The summed E-state index contributed by atoms with van der Waals surface area (Å²) in [6, 6.07) is 13.4. The molecule has 2 saturated carbocycles. The van der Waals surface area contributed by atoms with Gasteiger partial charge in [-0.2, -0.15) is 5.10 Å². The summed E-state index contributed by atoms with van der Waals surface area (Å²) in [7, 11) is 0. The Kier molecular flexibility index (Phi) is 4.55. The summed E-state index contributed by atoms with van der Waals surface area (Å²) >= 11 is 0. The van der Waals surface area contributed by atoms with E-state index >= 15 is 0 Å². The second-order valence-corrected chi connectivity index (χ2v) is 9.56. The van der Waals surface area contributed by atoms with Crippen LogP contribution in [-0.4, -0.2) is 26.4 Å². The van der Waals surface area contributed by atoms with Crippen molar-refractivity contribution >= 4 is 12.0 Å². The average Bonchev–Trinajstić information content (AvgIpc) is 3.54. The van der Waals surface area contributed by atoms with Gasteiger partial charge in [0, 0.05) is 11.0 Å². The molecule has 1 heterocycles. The Morgan fingerprint density at radius 1 is 1.21 bits per heavy atom. The fourth-order valence-corrected chi connectivity index (χ4v) is 5.92. The molecule has 2 atom stereocenters. The van der Waals surface area contributed by atoms with Gasteiger partial charge in [-0.25, -0.2) is 9.07 Å². The molecule has 6 rings (SSSR count). The number of carbonyl (C=O) groups is 1. The third kappa shape index (κ3) is 3.04. The first-order chi connectivity index (χ1) is 16.4. The van der Waals surface area contributed by atoms with Gasteiger partial charge in [-0.15, -0.1) is 0 Å². The van der Waals surface area contributed by atoms with E-state index in [-0.39, 0.29) is 5.82 Å². The van der Waals surface area contributed by atoms with Crippen molar-refractivity contribution in [2.24, 2.45) is 17.1 Å². The van der Waals surface area contributed by atoms with Crippen LogP contribution in [0.2, 0.25) is 0 Å². The molecule has 3 aromatic rings. The second-order valence-electron chi connectivity index (χ2n) is 9.56. The fourth-order valence-electron chi connectivity index (χ4n) is 5.92. The summed E-state index contributed by atoms with van der Waals surface area (Å²) in [4.78, 5) is 11.8. The van der Waals surface area contributed by atoms with Gasteiger partial charge in [-0.3, -0.25) is 4.79 Å². The largest absolute Gasteiger partial charge is 0.377 e. The van der Waals surface area contributed by atoms with Crippen molar-refractivity contribution in [2.75, 3.05) is 0 Å². The summed E-state index contributed by atoms with van der Waals surface area (Å²) in [5.41, 5.74) is 8.53. The molecule has 0 bridgehead atoms. The maximum atomic E-state index is 13.9. The van der Waals surface area contributed by atoms with Gasteiger partial charge in [0.25, 0.3) is 0 Å². The van der Waals surface area contributed by atoms with Gasteiger partial charge >= 0.3 is 0 Å². The third-order valence-electron chi connectivity index (χ3n) is 7.66. The Labute approximate surface area is 197 Å². The Morgan fingerprint density at radius 2 is 2.03 bits per heavy atom. The number of primary amides is 1. The van der Waals surface area contributed by atoms with Crippen molar-refractivity contribution in [1.82, 2.24) is 9.78 Å². The van der Waals surface area contributed by atoms with Crippen molar-refractivity contribution in [1.29, 1.82) is 0 Å². The minimum atomic E-state index is -1.22. The van der Waals surface area contributed by atoms with Crippen molar-refractivity contribution in [3.63, 3.8) is 0 Å². The lowest BCUT2D eigenvalue weighted by molar-refractivity contribution is -0.00859. The van der Waals surface area contributed by atoms with Crippen molar-refractivity contribution in [2.45, 2.75) is 37.7 Å². The lowest BCUT2D eigenvalue weighted by atomic mass is 9.63. The van der Waals surface area contributed by atoms with Gasteiger partial charge < -0.3 is 10.8 Å². The SMILES string of the molecule is NC(=O)c1ccccc1C#C[C@]1(O)CCC2=Cc3c(cnn3-c3cccc(F)c3)C[C@@]21C1CC1. The predicted molar refractivity (Wildman–Crippen MR) is 126 cm³/mol. The Morgan fingerprint density at radius 3 is 2.79 bits per heavy atom. The Balaban J connectivity index is 1.44. The molecular formula is C28H24FN3O2. The van der Waals surface area contributed by atoms with E-state index < -0.39 is 16.9 Å². The molecule has 0 saturated heterocycles. The molecule has 5 nitrogen and oxygen atoms in total. The summed E-state index contributed by atoms with van der Waals surface area (Å²) in [5.74, 6) is 5.78. The molecular weight excluding hydrogens is 429 g/mol. The molecule has 1 aromatic heterocycles. The highest BCUT2D eigenvalue weighted by Crippen LogP contribution is 2.65. The van der Waals surface area contributed by atoms with Gasteiger partial charge in [0.15, 0.2) is 0 Å². The number of hydrogen-bond acceptors (Lipinski definition) is 3.